The lowest BCUT2D eigenvalue weighted by molar-refractivity contribution is 0.0990. The number of benzene rings is 4. The van der Waals surface area contributed by atoms with Crippen LogP contribution in [0.25, 0.3) is 6.08 Å². The van der Waals surface area contributed by atoms with Gasteiger partial charge in [0.15, 0.2) is 23.1 Å². The predicted molar refractivity (Wildman–Crippen MR) is 139 cm³/mol. The van der Waals surface area contributed by atoms with Crippen molar-refractivity contribution < 1.29 is 14.3 Å². The van der Waals surface area contributed by atoms with Crippen LogP contribution in [0.3, 0.4) is 0 Å². The average molecular weight is 478 g/mol. The van der Waals surface area contributed by atoms with Crippen molar-refractivity contribution in [1.29, 1.82) is 0 Å². The lowest BCUT2D eigenvalue weighted by atomic mass is 10.0. The molecule has 2 aliphatic rings. The molecule has 0 unspecified atom stereocenters. The quantitative estimate of drug-likeness (QED) is 0.191. The van der Waals surface area contributed by atoms with Gasteiger partial charge in [-0.15, -0.1) is 0 Å². The number of rotatable bonds is 2. The molecular weight excluding hydrogens is 458 g/mol. The number of hydrogen-bond acceptors (Lipinski definition) is 4. The number of hydrogen-bond donors (Lipinski definition) is 0. The highest BCUT2D eigenvalue weighted by atomic mass is 35.5. The molecule has 0 bridgehead atoms. The third kappa shape index (κ3) is 3.46. The minimum atomic E-state index is -0.308. The second-order valence-corrected chi connectivity index (χ2v) is 9.24. The van der Waals surface area contributed by atoms with Gasteiger partial charge in [-0.1, -0.05) is 47.5 Å². The molecule has 4 nitrogen and oxygen atoms in total. The van der Waals surface area contributed by atoms with E-state index in [1.807, 2.05) is 49.4 Å². The number of ketones is 2. The standard InChI is InChI=1S/C30H20ClNO3/c1-17-7-10-20(11-8-17)32-25-5-3-4-6-27(25)35-28-15-19(9-12-26(28)32)14-23-29(33)21-13-18(2)24(31)16-22(21)30(23)34/h3-16H,1-2H3/b23-14-. The summed E-state index contributed by atoms with van der Waals surface area (Å²) in [5, 5.41) is 0.475. The van der Waals surface area contributed by atoms with E-state index in [0.29, 0.717) is 27.5 Å². The topological polar surface area (TPSA) is 46.6 Å². The summed E-state index contributed by atoms with van der Waals surface area (Å²) in [6.07, 6.45) is 1.63. The molecule has 1 aliphatic heterocycles. The van der Waals surface area contributed by atoms with Gasteiger partial charge in [0.05, 0.1) is 16.9 Å². The van der Waals surface area contributed by atoms with E-state index in [0.717, 1.165) is 28.4 Å². The Balaban J connectivity index is 1.43. The van der Waals surface area contributed by atoms with Gasteiger partial charge in [-0.2, -0.15) is 0 Å². The first-order valence-corrected chi connectivity index (χ1v) is 11.7. The summed E-state index contributed by atoms with van der Waals surface area (Å²) in [5.74, 6) is 0.788. The molecule has 5 heteroatoms. The monoisotopic (exact) mass is 477 g/mol. The Morgan fingerprint density at radius 2 is 1.46 bits per heavy atom. The van der Waals surface area contributed by atoms with Crippen LogP contribution >= 0.6 is 11.6 Å². The number of halogens is 1. The molecule has 4 aromatic rings. The highest BCUT2D eigenvalue weighted by molar-refractivity contribution is 6.42. The Morgan fingerprint density at radius 1 is 0.771 bits per heavy atom. The molecule has 0 saturated carbocycles. The van der Waals surface area contributed by atoms with Gasteiger partial charge in [0.1, 0.15) is 0 Å². The van der Waals surface area contributed by atoms with Crippen LogP contribution in [-0.2, 0) is 0 Å². The number of Topliss-reactive ketones (excluding diaryl/α,β-unsaturated/α-hetero) is 2. The minimum absolute atomic E-state index is 0.133. The largest absolute Gasteiger partial charge is 0.453 e. The highest BCUT2D eigenvalue weighted by Gasteiger charge is 2.34. The summed E-state index contributed by atoms with van der Waals surface area (Å²) in [7, 11) is 0. The summed E-state index contributed by atoms with van der Waals surface area (Å²) in [5.41, 5.74) is 6.38. The van der Waals surface area contributed by atoms with E-state index in [1.54, 1.807) is 18.2 Å². The van der Waals surface area contributed by atoms with E-state index in [2.05, 4.69) is 36.1 Å². The number of carbonyl (C=O) groups excluding carboxylic acids is 2. The number of carbonyl (C=O) groups is 2. The lowest BCUT2D eigenvalue weighted by Gasteiger charge is -2.33. The van der Waals surface area contributed by atoms with Crippen molar-refractivity contribution in [3.05, 3.63) is 117 Å². The molecule has 0 amide bonds. The molecule has 1 heterocycles. The molecule has 6 rings (SSSR count). The van der Waals surface area contributed by atoms with Crippen LogP contribution < -0.4 is 9.64 Å². The van der Waals surface area contributed by atoms with Gasteiger partial charge >= 0.3 is 0 Å². The van der Waals surface area contributed by atoms with Crippen molar-refractivity contribution in [2.45, 2.75) is 13.8 Å². The summed E-state index contributed by atoms with van der Waals surface area (Å²) >= 11 is 6.20. The zero-order valence-corrected chi connectivity index (χ0v) is 19.9. The molecule has 170 valence electrons. The van der Waals surface area contributed by atoms with Crippen molar-refractivity contribution in [2.75, 3.05) is 4.90 Å². The SMILES string of the molecule is Cc1ccc(N2c3ccccc3Oc3cc(/C=C4/C(=O)c5cc(C)c(Cl)cc5C4=O)ccc32)cc1. The first-order valence-electron chi connectivity index (χ1n) is 11.3. The Morgan fingerprint density at radius 3 is 2.23 bits per heavy atom. The smallest absolute Gasteiger partial charge is 0.197 e. The minimum Gasteiger partial charge on any atom is -0.453 e. The van der Waals surface area contributed by atoms with Gasteiger partial charge in [0.25, 0.3) is 0 Å². The number of ether oxygens (including phenoxy) is 1. The van der Waals surface area contributed by atoms with Crippen LogP contribution in [-0.4, -0.2) is 11.6 Å². The second-order valence-electron chi connectivity index (χ2n) is 8.83. The number of allylic oxidation sites excluding steroid dienone is 1. The Bertz CT molecular complexity index is 1540. The fourth-order valence-corrected chi connectivity index (χ4v) is 4.75. The lowest BCUT2D eigenvalue weighted by Crippen LogP contribution is -2.15. The van der Waals surface area contributed by atoms with Crippen molar-refractivity contribution in [3.8, 4) is 11.5 Å². The van der Waals surface area contributed by atoms with E-state index in [9.17, 15) is 9.59 Å². The van der Waals surface area contributed by atoms with Gasteiger partial charge in [0, 0.05) is 21.8 Å². The third-order valence-corrected chi connectivity index (χ3v) is 6.84. The summed E-state index contributed by atoms with van der Waals surface area (Å²) in [6.45, 7) is 3.88. The number of fused-ring (bicyclic) bond motifs is 3. The molecule has 0 spiro atoms. The first kappa shape index (κ1) is 21.4. The average Bonchev–Trinajstić information content (AvgIpc) is 3.07. The molecule has 0 fully saturated rings. The van der Waals surface area contributed by atoms with Crippen LogP contribution in [0.2, 0.25) is 5.02 Å². The predicted octanol–water partition coefficient (Wildman–Crippen LogP) is 7.99. The van der Waals surface area contributed by atoms with Crippen LogP contribution in [0, 0.1) is 13.8 Å². The summed E-state index contributed by atoms with van der Waals surface area (Å²) in [4.78, 5) is 28.2. The third-order valence-electron chi connectivity index (χ3n) is 6.43. The summed E-state index contributed by atoms with van der Waals surface area (Å²) in [6, 6.07) is 25.2. The Hall–Kier alpha value is -4.15. The Labute approximate surface area is 208 Å². The molecule has 4 aromatic carbocycles. The van der Waals surface area contributed by atoms with Gasteiger partial charge in [-0.05, 0) is 79.6 Å². The van der Waals surface area contributed by atoms with E-state index in [1.165, 1.54) is 5.56 Å². The molecule has 0 aromatic heterocycles. The van der Waals surface area contributed by atoms with Gasteiger partial charge < -0.3 is 9.64 Å². The number of para-hydroxylation sites is 2. The molecule has 0 radical (unpaired) electrons. The van der Waals surface area contributed by atoms with Gasteiger partial charge in [0.2, 0.25) is 0 Å². The highest BCUT2D eigenvalue weighted by Crippen LogP contribution is 2.50. The Kier molecular flexibility index (Phi) is 4.87. The van der Waals surface area contributed by atoms with Crippen molar-refractivity contribution in [1.82, 2.24) is 0 Å². The second kappa shape index (κ2) is 7.97. The van der Waals surface area contributed by atoms with E-state index in [4.69, 9.17) is 16.3 Å². The maximum atomic E-state index is 13.0. The molecule has 0 atom stereocenters. The van der Waals surface area contributed by atoms with Crippen LogP contribution in [0.1, 0.15) is 37.4 Å². The number of nitrogens with zero attached hydrogens (tertiary/aromatic N) is 1. The van der Waals surface area contributed by atoms with E-state index < -0.39 is 0 Å². The maximum absolute atomic E-state index is 13.0. The van der Waals surface area contributed by atoms with Crippen LogP contribution in [0.15, 0.2) is 84.4 Å². The van der Waals surface area contributed by atoms with Gasteiger partial charge in [-0.25, -0.2) is 0 Å². The number of aryl methyl sites for hydroxylation is 2. The zero-order valence-electron chi connectivity index (χ0n) is 19.1. The van der Waals surface area contributed by atoms with Crippen LogP contribution in [0.5, 0.6) is 11.5 Å². The van der Waals surface area contributed by atoms with Crippen LogP contribution in [0.4, 0.5) is 17.1 Å². The molecule has 0 N–H and O–H groups in total. The first-order chi connectivity index (χ1) is 16.9. The van der Waals surface area contributed by atoms with E-state index >= 15 is 0 Å². The van der Waals surface area contributed by atoms with E-state index in [-0.39, 0.29) is 17.1 Å². The maximum Gasteiger partial charge on any atom is 0.197 e. The van der Waals surface area contributed by atoms with Crippen molar-refractivity contribution >= 4 is 46.3 Å². The van der Waals surface area contributed by atoms with Crippen molar-refractivity contribution in [3.63, 3.8) is 0 Å². The normalized spacial score (nSPS) is 15.1. The number of anilines is 3. The molecule has 35 heavy (non-hydrogen) atoms. The molecule has 0 saturated heterocycles. The zero-order chi connectivity index (χ0) is 24.3. The molecule has 1 aliphatic carbocycles. The van der Waals surface area contributed by atoms with Crippen molar-refractivity contribution in [2.24, 2.45) is 0 Å². The molecular formula is C30H20ClNO3. The fourth-order valence-electron chi connectivity index (χ4n) is 4.58. The fraction of sp³-hybridized carbons (Fsp3) is 0.0667. The summed E-state index contributed by atoms with van der Waals surface area (Å²) < 4.78 is 6.25. The van der Waals surface area contributed by atoms with Gasteiger partial charge in [-0.3, -0.25) is 9.59 Å².